The third-order valence-corrected chi connectivity index (χ3v) is 7.72. The molecule has 0 unspecified atom stereocenters. The molecule has 0 saturated heterocycles. The largest absolute Gasteiger partial charge is 0.417 e. The molecule has 11 heteroatoms. The van der Waals surface area contributed by atoms with E-state index in [1.165, 1.54) is 34.8 Å². The van der Waals surface area contributed by atoms with Crippen LogP contribution in [-0.4, -0.2) is 43.8 Å². The third-order valence-electron chi connectivity index (χ3n) is 5.83. The van der Waals surface area contributed by atoms with Crippen molar-refractivity contribution in [3.63, 3.8) is 0 Å². The van der Waals surface area contributed by atoms with Gasteiger partial charge in [0.2, 0.25) is 0 Å². The normalized spacial score (nSPS) is 14.4. The molecule has 0 radical (unpaired) electrons. The fourth-order valence-corrected chi connectivity index (χ4v) is 4.99. The fourth-order valence-electron chi connectivity index (χ4n) is 3.91. The molecule has 1 aliphatic rings. The molecule has 4 rings (SSSR count). The minimum absolute atomic E-state index is 0.192. The van der Waals surface area contributed by atoms with E-state index < -0.39 is 28.0 Å². The molecule has 0 aliphatic carbocycles. The van der Waals surface area contributed by atoms with Gasteiger partial charge < -0.3 is 4.74 Å². The molecular formula is C25H24F3N3O4S. The zero-order chi connectivity index (χ0) is 26.1. The smallest absolute Gasteiger partial charge is 0.409 e. The number of benzene rings is 3. The number of carbonyl (C=O) groups is 1. The first kappa shape index (κ1) is 25.7. The molecule has 0 atom stereocenters. The van der Waals surface area contributed by atoms with Crippen molar-refractivity contribution in [2.24, 2.45) is 0 Å². The number of carbonyl (C=O) groups excluding carboxylic acids is 1. The summed E-state index contributed by atoms with van der Waals surface area (Å²) in [6.45, 7) is 0.559. The van der Waals surface area contributed by atoms with Gasteiger partial charge in [0.05, 0.1) is 5.56 Å². The summed E-state index contributed by atoms with van der Waals surface area (Å²) in [5.74, 6) is 0.192. The highest BCUT2D eigenvalue weighted by atomic mass is 32.2. The van der Waals surface area contributed by atoms with E-state index in [2.05, 4.69) is 5.32 Å². The molecule has 1 aliphatic heterocycles. The van der Waals surface area contributed by atoms with Gasteiger partial charge in [-0.2, -0.15) is 30.2 Å². The molecule has 0 spiro atoms. The molecule has 1 heterocycles. The quantitative estimate of drug-likeness (QED) is 0.506. The number of hydrogen-bond donors (Lipinski definition) is 1. The minimum atomic E-state index is -4.44. The number of amides is 1. The predicted molar refractivity (Wildman–Crippen MR) is 130 cm³/mol. The molecule has 1 amide bonds. The lowest BCUT2D eigenvalue weighted by Gasteiger charge is -2.30. The van der Waals surface area contributed by atoms with Gasteiger partial charge in [-0.3, -0.25) is 5.32 Å². The van der Waals surface area contributed by atoms with Crippen molar-refractivity contribution >= 4 is 22.0 Å². The van der Waals surface area contributed by atoms with Gasteiger partial charge in [0.1, 0.15) is 5.75 Å². The Morgan fingerprint density at radius 1 is 1.00 bits per heavy atom. The second kappa shape index (κ2) is 9.92. The monoisotopic (exact) mass is 519 g/mol. The third kappa shape index (κ3) is 5.53. The summed E-state index contributed by atoms with van der Waals surface area (Å²) in [6.07, 6.45) is -4.71. The van der Waals surface area contributed by atoms with Crippen molar-refractivity contribution in [1.82, 2.24) is 8.61 Å². The number of anilines is 1. The van der Waals surface area contributed by atoms with Crippen LogP contribution in [0.2, 0.25) is 0 Å². The number of halogens is 3. The van der Waals surface area contributed by atoms with Crippen LogP contribution in [0.3, 0.4) is 0 Å². The van der Waals surface area contributed by atoms with Crippen LogP contribution in [0.5, 0.6) is 5.75 Å². The van der Waals surface area contributed by atoms with Crippen LogP contribution < -0.4 is 10.1 Å². The van der Waals surface area contributed by atoms with Crippen LogP contribution in [0.25, 0.3) is 11.1 Å². The lowest BCUT2D eigenvalue weighted by atomic mass is 10.0. The van der Waals surface area contributed by atoms with E-state index in [0.717, 1.165) is 23.3 Å². The number of alkyl halides is 3. The van der Waals surface area contributed by atoms with E-state index in [-0.39, 0.29) is 12.3 Å². The highest BCUT2D eigenvalue weighted by Gasteiger charge is 2.30. The molecule has 0 aromatic heterocycles. The van der Waals surface area contributed by atoms with Crippen molar-refractivity contribution < 1.29 is 31.1 Å². The Bertz CT molecular complexity index is 1370. The summed E-state index contributed by atoms with van der Waals surface area (Å²) in [6, 6.07) is 16.4. The Labute approximate surface area is 207 Å². The van der Waals surface area contributed by atoms with Gasteiger partial charge in [-0.25, -0.2) is 4.79 Å². The molecule has 3 aromatic rings. The van der Waals surface area contributed by atoms with Crippen LogP contribution in [0, 0.1) is 0 Å². The van der Waals surface area contributed by atoms with E-state index in [0.29, 0.717) is 29.8 Å². The van der Waals surface area contributed by atoms with Crippen molar-refractivity contribution in [3.05, 3.63) is 83.4 Å². The highest BCUT2D eigenvalue weighted by molar-refractivity contribution is 7.86. The predicted octanol–water partition coefficient (Wildman–Crippen LogP) is 5.15. The van der Waals surface area contributed by atoms with Crippen LogP contribution in [0.1, 0.15) is 16.7 Å². The number of ether oxygens (including phenoxy) is 1. The Kier molecular flexibility index (Phi) is 7.07. The van der Waals surface area contributed by atoms with Crippen molar-refractivity contribution in [3.8, 4) is 16.9 Å². The summed E-state index contributed by atoms with van der Waals surface area (Å²) >= 11 is 0. The Hall–Kier alpha value is -3.41. The average Bonchev–Trinajstić information content (AvgIpc) is 2.83. The summed E-state index contributed by atoms with van der Waals surface area (Å²) in [4.78, 5) is 12.6. The first-order valence-electron chi connectivity index (χ1n) is 11.0. The standard InChI is InChI=1S/C25H24F3N3O4S/c1-30(2)36(33,34)31-14-13-18-15-21(12-9-19(18)16-31)29-24(32)35-23-6-4-3-5-22(23)17-7-10-20(11-8-17)25(26,27)28/h3-12,15H,13-14,16H2,1-2H3,(H,29,32). The van der Waals surface area contributed by atoms with E-state index >= 15 is 0 Å². The van der Waals surface area contributed by atoms with Crippen LogP contribution >= 0.6 is 0 Å². The maximum absolute atomic E-state index is 12.9. The van der Waals surface area contributed by atoms with E-state index in [9.17, 15) is 26.4 Å². The first-order valence-corrected chi connectivity index (χ1v) is 12.4. The van der Waals surface area contributed by atoms with Crippen molar-refractivity contribution in [2.45, 2.75) is 19.1 Å². The summed E-state index contributed by atoms with van der Waals surface area (Å²) in [7, 11) is -0.551. The minimum Gasteiger partial charge on any atom is -0.409 e. The molecule has 1 N–H and O–H groups in total. The van der Waals surface area contributed by atoms with Gasteiger partial charge in [0, 0.05) is 38.4 Å². The molecule has 3 aromatic carbocycles. The molecule has 0 fully saturated rings. The maximum atomic E-state index is 12.9. The fraction of sp³-hybridized carbons (Fsp3) is 0.240. The second-order valence-corrected chi connectivity index (χ2v) is 10.6. The number of nitrogens with zero attached hydrogens (tertiary/aromatic N) is 2. The van der Waals surface area contributed by atoms with Gasteiger partial charge >= 0.3 is 12.3 Å². The second-order valence-electron chi connectivity index (χ2n) is 8.44. The highest BCUT2D eigenvalue weighted by Crippen LogP contribution is 2.34. The number of para-hydroxylation sites is 1. The number of hydrogen-bond acceptors (Lipinski definition) is 4. The zero-order valence-electron chi connectivity index (χ0n) is 19.5. The van der Waals surface area contributed by atoms with Crippen molar-refractivity contribution in [2.75, 3.05) is 26.0 Å². The van der Waals surface area contributed by atoms with Crippen LogP contribution in [-0.2, 0) is 29.4 Å². The van der Waals surface area contributed by atoms with Gasteiger partial charge in [-0.15, -0.1) is 0 Å². The Morgan fingerprint density at radius 2 is 1.69 bits per heavy atom. The van der Waals surface area contributed by atoms with E-state index in [1.54, 1.807) is 42.5 Å². The lowest BCUT2D eigenvalue weighted by Crippen LogP contribution is -2.42. The molecular weight excluding hydrogens is 495 g/mol. The average molecular weight is 520 g/mol. The van der Waals surface area contributed by atoms with Gasteiger partial charge in [0.25, 0.3) is 10.2 Å². The molecule has 0 saturated carbocycles. The Balaban J connectivity index is 1.46. The molecule has 7 nitrogen and oxygen atoms in total. The Morgan fingerprint density at radius 3 is 2.36 bits per heavy atom. The summed E-state index contributed by atoms with van der Waals surface area (Å²) < 4.78 is 71.5. The summed E-state index contributed by atoms with van der Waals surface area (Å²) in [5.41, 5.74) is 2.42. The summed E-state index contributed by atoms with van der Waals surface area (Å²) in [5, 5.41) is 2.66. The topological polar surface area (TPSA) is 79.0 Å². The molecule has 0 bridgehead atoms. The van der Waals surface area contributed by atoms with Crippen LogP contribution in [0.4, 0.5) is 23.7 Å². The zero-order valence-corrected chi connectivity index (χ0v) is 20.4. The SMILES string of the molecule is CN(C)S(=O)(=O)N1CCc2cc(NC(=O)Oc3ccccc3-c3ccc(C(F)(F)F)cc3)ccc2C1. The van der Waals surface area contributed by atoms with Gasteiger partial charge in [-0.05, 0) is 53.4 Å². The first-order chi connectivity index (χ1) is 16.9. The number of fused-ring (bicyclic) bond motifs is 1. The molecule has 36 heavy (non-hydrogen) atoms. The lowest BCUT2D eigenvalue weighted by molar-refractivity contribution is -0.137. The number of rotatable bonds is 5. The van der Waals surface area contributed by atoms with Crippen LogP contribution in [0.15, 0.2) is 66.7 Å². The van der Waals surface area contributed by atoms with Gasteiger partial charge in [-0.1, -0.05) is 36.4 Å². The van der Waals surface area contributed by atoms with Gasteiger partial charge in [0.15, 0.2) is 0 Å². The maximum Gasteiger partial charge on any atom is 0.417 e. The number of nitrogens with one attached hydrogen (secondary N) is 1. The van der Waals surface area contributed by atoms with E-state index in [4.69, 9.17) is 4.74 Å². The molecule has 190 valence electrons. The van der Waals surface area contributed by atoms with E-state index in [1.807, 2.05) is 0 Å². The van der Waals surface area contributed by atoms with Crippen molar-refractivity contribution in [1.29, 1.82) is 0 Å².